The van der Waals surface area contributed by atoms with Crippen molar-refractivity contribution in [1.82, 2.24) is 15.0 Å². The standard InChI is InChI=1S/C15H18N2O.C15H14N2O.C8H8N2O.C7H7Cl/c2*1-11-8-12(2)17-15(14(11)9-16)18-10-13-6-4-3-5-7-13;1-5-3-6(2)10-8(11)7(5)4-9;8-6-7-4-2-1-3-5-7/h3-8H,9-10,16H2,1-2H3;3-8H,10H2,1-2H3;3H,1-2H3,(H,10,11);1-5H,6H2. The lowest BCUT2D eigenvalue weighted by Gasteiger charge is -2.12. The second kappa shape index (κ2) is 22.7. The van der Waals surface area contributed by atoms with Crippen LogP contribution < -0.4 is 20.8 Å². The van der Waals surface area contributed by atoms with Gasteiger partial charge in [-0.25, -0.2) is 9.97 Å². The third kappa shape index (κ3) is 14.2. The number of alkyl halides is 1. The zero-order chi connectivity index (χ0) is 40.2. The van der Waals surface area contributed by atoms with Crippen LogP contribution in [0.2, 0.25) is 0 Å². The summed E-state index contributed by atoms with van der Waals surface area (Å²) in [6.45, 7) is 12.7. The molecular formula is C45H47ClN6O3. The summed E-state index contributed by atoms with van der Waals surface area (Å²) in [5, 5.41) is 17.6. The van der Waals surface area contributed by atoms with E-state index in [1.165, 1.54) is 5.56 Å². The molecule has 0 aliphatic heterocycles. The van der Waals surface area contributed by atoms with Crippen molar-refractivity contribution in [3.8, 4) is 23.9 Å². The first-order chi connectivity index (χ1) is 26.5. The minimum Gasteiger partial charge on any atom is -0.473 e. The van der Waals surface area contributed by atoms with Gasteiger partial charge in [0.1, 0.15) is 36.5 Å². The van der Waals surface area contributed by atoms with Gasteiger partial charge in [0.2, 0.25) is 11.8 Å². The number of aromatic nitrogens is 3. The van der Waals surface area contributed by atoms with Crippen molar-refractivity contribution in [2.24, 2.45) is 5.73 Å². The number of benzene rings is 3. The number of nitrogens with two attached hydrogens (primary N) is 1. The van der Waals surface area contributed by atoms with Crippen LogP contribution in [0.15, 0.2) is 114 Å². The van der Waals surface area contributed by atoms with Gasteiger partial charge in [0.05, 0.1) is 0 Å². The Hall–Kier alpha value is -6.26. The number of nitrogens with zero attached hydrogens (tertiary/aromatic N) is 4. The lowest BCUT2D eigenvalue weighted by Crippen LogP contribution is -2.12. The van der Waals surface area contributed by atoms with Crippen LogP contribution in [0, 0.1) is 64.2 Å². The highest BCUT2D eigenvalue weighted by atomic mass is 35.5. The summed E-state index contributed by atoms with van der Waals surface area (Å²) >= 11 is 5.53. The molecule has 9 nitrogen and oxygen atoms in total. The molecule has 0 aliphatic rings. The highest BCUT2D eigenvalue weighted by Gasteiger charge is 2.10. The maximum atomic E-state index is 11.0. The van der Waals surface area contributed by atoms with E-state index < -0.39 is 0 Å². The zero-order valence-electron chi connectivity index (χ0n) is 32.2. The number of ether oxygens (including phenoxy) is 2. The largest absolute Gasteiger partial charge is 0.473 e. The van der Waals surface area contributed by atoms with Crippen molar-refractivity contribution in [1.29, 1.82) is 10.5 Å². The van der Waals surface area contributed by atoms with E-state index in [4.69, 9.17) is 37.3 Å². The molecule has 55 heavy (non-hydrogen) atoms. The number of hydrogen-bond donors (Lipinski definition) is 2. The first-order valence-corrected chi connectivity index (χ1v) is 18.1. The normalized spacial score (nSPS) is 9.78. The number of aromatic amines is 1. The highest BCUT2D eigenvalue weighted by molar-refractivity contribution is 6.17. The second-order valence-corrected chi connectivity index (χ2v) is 12.8. The Bertz CT molecular complexity index is 2250. The Morgan fingerprint density at radius 1 is 0.636 bits per heavy atom. The third-order valence-electron chi connectivity index (χ3n) is 7.98. The van der Waals surface area contributed by atoms with Gasteiger partial charge < -0.3 is 20.2 Å². The SMILES string of the molecule is Cc1cc(C)c(C#N)c(=O)[nH]1.Cc1cc(C)c(C#N)c(OCc2ccccc2)n1.Cc1cc(C)c(CN)c(OCc2ccccc2)n1.ClCc1ccccc1. The van der Waals surface area contributed by atoms with E-state index in [0.717, 1.165) is 50.5 Å². The molecular weight excluding hydrogens is 708 g/mol. The van der Waals surface area contributed by atoms with Crippen LogP contribution in [0.3, 0.4) is 0 Å². The van der Waals surface area contributed by atoms with E-state index in [-0.39, 0.29) is 11.1 Å². The van der Waals surface area contributed by atoms with Crippen molar-refractivity contribution >= 4 is 11.6 Å². The van der Waals surface area contributed by atoms with Crippen LogP contribution in [0.1, 0.15) is 67.2 Å². The third-order valence-corrected chi connectivity index (χ3v) is 8.28. The summed E-state index contributed by atoms with van der Waals surface area (Å²) in [6.07, 6.45) is 0. The van der Waals surface area contributed by atoms with Gasteiger partial charge >= 0.3 is 0 Å². The summed E-state index contributed by atoms with van der Waals surface area (Å²) in [6, 6.07) is 39.5. The molecule has 0 atom stereocenters. The predicted octanol–water partition coefficient (Wildman–Crippen LogP) is 9.17. The lowest BCUT2D eigenvalue weighted by molar-refractivity contribution is 0.289. The molecule has 0 radical (unpaired) electrons. The molecule has 0 unspecified atom stereocenters. The average molecular weight is 755 g/mol. The number of rotatable bonds is 8. The van der Waals surface area contributed by atoms with Crippen LogP contribution in [-0.4, -0.2) is 15.0 Å². The Kier molecular flexibility index (Phi) is 17.8. The fourth-order valence-corrected chi connectivity index (χ4v) is 5.43. The minimum atomic E-state index is -0.301. The van der Waals surface area contributed by atoms with Crippen molar-refractivity contribution in [3.05, 3.63) is 187 Å². The maximum Gasteiger partial charge on any atom is 0.266 e. The molecule has 6 aromatic rings. The molecule has 3 aromatic heterocycles. The monoisotopic (exact) mass is 754 g/mol. The van der Waals surface area contributed by atoms with Crippen LogP contribution in [-0.2, 0) is 25.6 Å². The zero-order valence-corrected chi connectivity index (χ0v) is 32.9. The number of H-pyrrole nitrogens is 1. The summed E-state index contributed by atoms with van der Waals surface area (Å²) < 4.78 is 11.4. The average Bonchev–Trinajstić information content (AvgIpc) is 3.17. The van der Waals surface area contributed by atoms with Gasteiger partial charge in [0.15, 0.2) is 0 Å². The Morgan fingerprint density at radius 3 is 1.51 bits per heavy atom. The molecule has 0 saturated carbocycles. The number of nitrogens with one attached hydrogen (secondary N) is 1. The number of hydrogen-bond acceptors (Lipinski definition) is 8. The van der Waals surface area contributed by atoms with Gasteiger partial charge in [-0.1, -0.05) is 91.0 Å². The van der Waals surface area contributed by atoms with Gasteiger partial charge in [0.25, 0.3) is 5.56 Å². The Balaban J connectivity index is 0.000000206. The molecule has 6 rings (SSSR count). The van der Waals surface area contributed by atoms with Crippen LogP contribution >= 0.6 is 11.6 Å². The van der Waals surface area contributed by atoms with Crippen molar-refractivity contribution in [2.45, 2.75) is 67.2 Å². The van der Waals surface area contributed by atoms with E-state index in [1.54, 1.807) is 19.9 Å². The Morgan fingerprint density at radius 2 is 1.07 bits per heavy atom. The van der Waals surface area contributed by atoms with E-state index >= 15 is 0 Å². The number of pyridine rings is 3. The first-order valence-electron chi connectivity index (χ1n) is 17.6. The van der Waals surface area contributed by atoms with Gasteiger partial charge in [-0.05, 0) is 93.1 Å². The first kappa shape index (κ1) is 43.1. The minimum absolute atomic E-state index is 0.204. The fourth-order valence-electron chi connectivity index (χ4n) is 5.25. The molecule has 3 heterocycles. The molecule has 10 heteroatoms. The van der Waals surface area contributed by atoms with Gasteiger partial charge in [-0.15, -0.1) is 11.6 Å². The van der Waals surface area contributed by atoms with E-state index in [2.05, 4.69) is 21.0 Å². The second-order valence-electron chi connectivity index (χ2n) is 12.6. The smallest absolute Gasteiger partial charge is 0.266 e. The van der Waals surface area contributed by atoms with Gasteiger partial charge in [-0.2, -0.15) is 10.5 Å². The van der Waals surface area contributed by atoms with E-state index in [0.29, 0.717) is 43.0 Å². The number of halogens is 1. The van der Waals surface area contributed by atoms with E-state index in [9.17, 15) is 4.79 Å². The number of aryl methyl sites for hydroxylation is 6. The Labute approximate surface area is 329 Å². The topological polar surface area (TPSA) is 151 Å². The molecule has 0 amide bonds. The van der Waals surface area contributed by atoms with Crippen LogP contribution in [0.4, 0.5) is 0 Å². The molecule has 0 fully saturated rings. The quantitative estimate of drug-likeness (QED) is 0.146. The molecule has 0 bridgehead atoms. The van der Waals surface area contributed by atoms with Crippen LogP contribution in [0.5, 0.6) is 11.8 Å². The molecule has 3 N–H and O–H groups in total. The molecule has 3 aromatic carbocycles. The molecule has 0 aliphatic carbocycles. The maximum absolute atomic E-state index is 11.0. The van der Waals surface area contributed by atoms with E-state index in [1.807, 2.05) is 137 Å². The number of nitriles is 2. The van der Waals surface area contributed by atoms with Crippen molar-refractivity contribution in [3.63, 3.8) is 0 Å². The summed E-state index contributed by atoms with van der Waals surface area (Å²) in [5.41, 5.74) is 15.9. The highest BCUT2D eigenvalue weighted by Crippen LogP contribution is 2.22. The summed E-state index contributed by atoms with van der Waals surface area (Å²) in [5.74, 6) is 1.68. The van der Waals surface area contributed by atoms with Gasteiger partial charge in [-0.3, -0.25) is 4.79 Å². The summed E-state index contributed by atoms with van der Waals surface area (Å²) in [4.78, 5) is 22.3. The molecule has 0 spiro atoms. The van der Waals surface area contributed by atoms with Gasteiger partial charge in [0, 0.05) is 35.1 Å². The molecule has 282 valence electrons. The summed E-state index contributed by atoms with van der Waals surface area (Å²) in [7, 11) is 0. The lowest BCUT2D eigenvalue weighted by atomic mass is 10.1. The fraction of sp³-hybridized carbons (Fsp3) is 0.222. The van der Waals surface area contributed by atoms with Crippen LogP contribution in [0.25, 0.3) is 0 Å². The van der Waals surface area contributed by atoms with Crippen molar-refractivity contribution in [2.75, 3.05) is 0 Å². The molecule has 0 saturated heterocycles. The van der Waals surface area contributed by atoms with Crippen molar-refractivity contribution < 1.29 is 9.47 Å². The predicted molar refractivity (Wildman–Crippen MR) is 219 cm³/mol.